The van der Waals surface area contributed by atoms with Crippen molar-refractivity contribution in [3.05, 3.63) is 58.7 Å². The molecule has 8 nitrogen and oxygen atoms in total. The van der Waals surface area contributed by atoms with Gasteiger partial charge in [-0.25, -0.2) is 17.2 Å². The average Bonchev–Trinajstić information content (AvgIpc) is 3.10. The number of carboxylic acids is 1. The van der Waals surface area contributed by atoms with Gasteiger partial charge in [0.2, 0.25) is 10.0 Å². The summed E-state index contributed by atoms with van der Waals surface area (Å²) in [6.45, 7) is 3.39. The molecule has 31 heavy (non-hydrogen) atoms. The monoisotopic (exact) mass is 467 g/mol. The van der Waals surface area contributed by atoms with E-state index in [2.05, 4.69) is 0 Å². The van der Waals surface area contributed by atoms with Gasteiger partial charge in [-0.2, -0.15) is 0 Å². The summed E-state index contributed by atoms with van der Waals surface area (Å²) in [6, 6.07) is 6.54. The second-order valence-electron chi connectivity index (χ2n) is 7.84. The number of benzene rings is 1. The SMILES string of the molecule is CC(C)(OCc1cc2cc(Cl)ccc2n1S(=O)(=O)C1C=CC2=C(C1)OCCO2)C(=O)O. The molecule has 1 aromatic carbocycles. The zero-order valence-electron chi connectivity index (χ0n) is 17.0. The number of rotatable bonds is 6. The summed E-state index contributed by atoms with van der Waals surface area (Å²) in [6.07, 6.45) is 3.34. The summed E-state index contributed by atoms with van der Waals surface area (Å²) in [4.78, 5) is 11.4. The average molecular weight is 468 g/mol. The third-order valence-electron chi connectivity index (χ3n) is 5.27. The highest BCUT2D eigenvalue weighted by Gasteiger charge is 2.35. The molecule has 4 rings (SSSR count). The Bertz CT molecular complexity index is 1210. The van der Waals surface area contributed by atoms with Crippen LogP contribution in [0.25, 0.3) is 10.9 Å². The third kappa shape index (κ3) is 4.05. The van der Waals surface area contributed by atoms with Crippen LogP contribution in [0.4, 0.5) is 0 Å². The third-order valence-corrected chi connectivity index (χ3v) is 7.53. The first-order chi connectivity index (χ1) is 14.6. The lowest BCUT2D eigenvalue weighted by Gasteiger charge is -2.27. The largest absolute Gasteiger partial charge is 0.490 e. The van der Waals surface area contributed by atoms with E-state index < -0.39 is 26.8 Å². The molecule has 1 aromatic heterocycles. The lowest BCUT2D eigenvalue weighted by Crippen LogP contribution is -2.35. The number of carbonyl (C=O) groups is 1. The molecular weight excluding hydrogens is 446 g/mol. The first-order valence-corrected chi connectivity index (χ1v) is 11.6. The molecular formula is C21H22ClNO7S. The highest BCUT2D eigenvalue weighted by molar-refractivity contribution is 7.90. The van der Waals surface area contributed by atoms with Gasteiger partial charge in [-0.15, -0.1) is 0 Å². The Balaban J connectivity index is 1.75. The van der Waals surface area contributed by atoms with Crippen molar-refractivity contribution in [1.82, 2.24) is 3.97 Å². The van der Waals surface area contributed by atoms with Crippen molar-refractivity contribution in [3.63, 3.8) is 0 Å². The number of allylic oxidation sites excluding steroid dienone is 2. The molecule has 1 aliphatic carbocycles. The molecule has 2 aliphatic rings. The molecule has 166 valence electrons. The van der Waals surface area contributed by atoms with Gasteiger partial charge in [0.1, 0.15) is 24.2 Å². The van der Waals surface area contributed by atoms with E-state index in [1.165, 1.54) is 17.8 Å². The van der Waals surface area contributed by atoms with E-state index in [9.17, 15) is 18.3 Å². The number of carboxylic acid groups (broad SMARTS) is 1. The van der Waals surface area contributed by atoms with Crippen LogP contribution in [-0.2, 0) is 35.6 Å². The van der Waals surface area contributed by atoms with Crippen molar-refractivity contribution in [3.8, 4) is 0 Å². The van der Waals surface area contributed by atoms with Crippen LogP contribution in [-0.4, -0.2) is 47.5 Å². The van der Waals surface area contributed by atoms with E-state index in [1.807, 2.05) is 0 Å². The minimum absolute atomic E-state index is 0.141. The number of aliphatic carboxylic acids is 1. The second kappa shape index (κ2) is 7.89. The Labute approximate surface area is 184 Å². The minimum atomic E-state index is -3.94. The van der Waals surface area contributed by atoms with Crippen molar-refractivity contribution in [1.29, 1.82) is 0 Å². The normalized spacial score (nSPS) is 19.1. The van der Waals surface area contributed by atoms with Gasteiger partial charge >= 0.3 is 5.97 Å². The summed E-state index contributed by atoms with van der Waals surface area (Å²) in [5.74, 6) is -0.0922. The molecule has 2 aromatic rings. The van der Waals surface area contributed by atoms with Crippen LogP contribution < -0.4 is 0 Å². The van der Waals surface area contributed by atoms with E-state index >= 15 is 0 Å². The lowest BCUT2D eigenvalue weighted by molar-refractivity contribution is -0.162. The van der Waals surface area contributed by atoms with Crippen LogP contribution in [0.5, 0.6) is 0 Å². The number of fused-ring (bicyclic) bond motifs is 1. The molecule has 1 unspecified atom stereocenters. The Kier molecular flexibility index (Phi) is 5.53. The molecule has 0 spiro atoms. The first-order valence-electron chi connectivity index (χ1n) is 9.68. The fourth-order valence-electron chi connectivity index (χ4n) is 3.49. The maximum Gasteiger partial charge on any atom is 0.335 e. The van der Waals surface area contributed by atoms with E-state index in [1.54, 1.807) is 36.4 Å². The highest BCUT2D eigenvalue weighted by Crippen LogP contribution is 2.33. The van der Waals surface area contributed by atoms with Gasteiger partial charge < -0.3 is 19.3 Å². The number of nitrogens with zero attached hydrogens (tertiary/aromatic N) is 1. The molecule has 0 fully saturated rings. The molecule has 0 amide bonds. The van der Waals surface area contributed by atoms with Crippen molar-refractivity contribution in [2.75, 3.05) is 13.2 Å². The molecule has 0 radical (unpaired) electrons. The number of aromatic nitrogens is 1. The van der Waals surface area contributed by atoms with Gasteiger partial charge in [-0.1, -0.05) is 17.7 Å². The van der Waals surface area contributed by atoms with Crippen LogP contribution in [0, 0.1) is 0 Å². The minimum Gasteiger partial charge on any atom is -0.490 e. The molecule has 10 heteroatoms. The van der Waals surface area contributed by atoms with Crippen molar-refractivity contribution in [2.45, 2.75) is 37.7 Å². The topological polar surface area (TPSA) is 104 Å². The quantitative estimate of drug-likeness (QED) is 0.693. The fraction of sp³-hybridized carbons (Fsp3) is 0.381. The van der Waals surface area contributed by atoms with Crippen molar-refractivity contribution >= 4 is 38.5 Å². The van der Waals surface area contributed by atoms with Gasteiger partial charge in [0.25, 0.3) is 0 Å². The molecule has 1 atom stereocenters. The summed E-state index contributed by atoms with van der Waals surface area (Å²) < 4.78 is 45.3. The highest BCUT2D eigenvalue weighted by atomic mass is 35.5. The summed E-state index contributed by atoms with van der Waals surface area (Å²) in [7, 11) is -3.94. The van der Waals surface area contributed by atoms with Crippen molar-refractivity contribution < 1.29 is 32.5 Å². The van der Waals surface area contributed by atoms with Crippen LogP contribution in [0.15, 0.2) is 47.9 Å². The molecule has 1 aliphatic heterocycles. The first kappa shape index (κ1) is 21.7. The molecule has 0 saturated heterocycles. The molecule has 1 N–H and O–H groups in total. The summed E-state index contributed by atoms with van der Waals surface area (Å²) >= 11 is 6.10. The van der Waals surface area contributed by atoms with Gasteiger partial charge in [0.05, 0.1) is 17.8 Å². The molecule has 2 heterocycles. The fourth-order valence-corrected chi connectivity index (χ4v) is 5.45. The maximum atomic E-state index is 13.7. The van der Waals surface area contributed by atoms with Crippen LogP contribution in [0.3, 0.4) is 0 Å². The van der Waals surface area contributed by atoms with Crippen LogP contribution in [0.1, 0.15) is 26.0 Å². The number of ether oxygens (including phenoxy) is 3. The number of hydrogen-bond donors (Lipinski definition) is 1. The molecule has 0 saturated carbocycles. The zero-order valence-corrected chi connectivity index (χ0v) is 18.6. The zero-order chi connectivity index (χ0) is 22.4. The van der Waals surface area contributed by atoms with Gasteiger partial charge in [-0.3, -0.25) is 0 Å². The lowest BCUT2D eigenvalue weighted by atomic mass is 10.1. The smallest absolute Gasteiger partial charge is 0.335 e. The summed E-state index contributed by atoms with van der Waals surface area (Å²) in [5.41, 5.74) is -0.744. The Morgan fingerprint density at radius 1 is 1.29 bits per heavy atom. The Morgan fingerprint density at radius 2 is 2.03 bits per heavy atom. The maximum absolute atomic E-state index is 13.7. The standard InChI is InChI=1S/C21H22ClNO7S/c1-21(2,20(24)25)30-12-15-10-13-9-14(22)3-5-17(13)23(15)31(26,27)16-4-6-18-19(11-16)29-8-7-28-18/h3-6,9-10,16H,7-8,11-12H2,1-2H3,(H,24,25). The van der Waals surface area contributed by atoms with E-state index in [-0.39, 0.29) is 13.0 Å². The summed E-state index contributed by atoms with van der Waals surface area (Å²) in [5, 5.41) is 9.52. The predicted molar refractivity (Wildman–Crippen MR) is 114 cm³/mol. The predicted octanol–water partition coefficient (Wildman–Crippen LogP) is 3.44. The number of halogens is 1. The van der Waals surface area contributed by atoms with E-state index in [0.29, 0.717) is 46.4 Å². The van der Waals surface area contributed by atoms with E-state index in [0.717, 1.165) is 0 Å². The second-order valence-corrected chi connectivity index (χ2v) is 10.3. The Hall–Kier alpha value is -2.49. The van der Waals surface area contributed by atoms with Gasteiger partial charge in [0, 0.05) is 16.8 Å². The van der Waals surface area contributed by atoms with Crippen LogP contribution >= 0.6 is 11.6 Å². The molecule has 0 bridgehead atoms. The van der Waals surface area contributed by atoms with Crippen LogP contribution in [0.2, 0.25) is 5.02 Å². The Morgan fingerprint density at radius 3 is 2.77 bits per heavy atom. The van der Waals surface area contributed by atoms with Crippen molar-refractivity contribution in [2.24, 2.45) is 0 Å². The number of hydrogen-bond acceptors (Lipinski definition) is 6. The van der Waals surface area contributed by atoms with E-state index in [4.69, 9.17) is 25.8 Å². The van der Waals surface area contributed by atoms with Gasteiger partial charge in [-0.05, 0) is 44.2 Å². The van der Waals surface area contributed by atoms with Gasteiger partial charge in [0.15, 0.2) is 11.4 Å².